The number of aliphatic carboxylic acids is 1. The maximum Gasteiger partial charge on any atom is 0.304 e. The molecule has 0 heterocycles. The van der Waals surface area contributed by atoms with Gasteiger partial charge < -0.3 is 15.7 Å². The average Bonchev–Trinajstić information content (AvgIpc) is 2.00. The highest BCUT2D eigenvalue weighted by Crippen LogP contribution is 1.98. The molecule has 0 aliphatic rings. The number of carboxylic acid groups (broad SMARTS) is 1. The highest BCUT2D eigenvalue weighted by Gasteiger charge is 2.10. The molecule has 0 rings (SSSR count). The van der Waals surface area contributed by atoms with Crippen LogP contribution in [0.3, 0.4) is 0 Å². The van der Waals surface area contributed by atoms with Crippen molar-refractivity contribution in [3.8, 4) is 0 Å². The molecular formula is C7H15IN2O2. The zero-order valence-corrected chi connectivity index (χ0v) is 9.30. The lowest BCUT2D eigenvalue weighted by Crippen LogP contribution is -2.32. The van der Waals surface area contributed by atoms with Gasteiger partial charge in [0.15, 0.2) is 0 Å². The Bertz CT molecular complexity index is 133. The first-order chi connectivity index (χ1) is 5.70. The lowest BCUT2D eigenvalue weighted by Gasteiger charge is -2.14. The highest BCUT2D eigenvalue weighted by molar-refractivity contribution is 14.1. The molecule has 5 heteroatoms. The van der Waals surface area contributed by atoms with Crippen LogP contribution in [0.5, 0.6) is 0 Å². The van der Waals surface area contributed by atoms with E-state index in [1.165, 1.54) is 0 Å². The minimum absolute atomic E-state index is 0.0897. The third-order valence-corrected chi connectivity index (χ3v) is 1.97. The summed E-state index contributed by atoms with van der Waals surface area (Å²) in [6.07, 6.45) is 1.05. The topological polar surface area (TPSA) is 61.4 Å². The van der Waals surface area contributed by atoms with Crippen LogP contribution in [0.25, 0.3) is 0 Å². The number of nitrogens with one attached hydrogen (secondary N) is 2. The average molecular weight is 286 g/mol. The fraction of sp³-hybridized carbons (Fsp3) is 0.857. The Morgan fingerprint density at radius 1 is 1.67 bits per heavy atom. The Morgan fingerprint density at radius 3 is 2.75 bits per heavy atom. The van der Waals surface area contributed by atoms with E-state index in [0.29, 0.717) is 0 Å². The van der Waals surface area contributed by atoms with Crippen LogP contribution in [0.15, 0.2) is 0 Å². The number of hydrogen-bond donors (Lipinski definition) is 3. The van der Waals surface area contributed by atoms with Crippen LogP contribution in [-0.4, -0.2) is 35.3 Å². The van der Waals surface area contributed by atoms with Crippen LogP contribution in [0, 0.1) is 0 Å². The standard InChI is InChI=1S/C7H15IN2O2/c1-9-3-2-6(10-5-8)4-7(11)12/h6,9-10H,2-5H2,1H3,(H,11,12). The summed E-state index contributed by atoms with van der Waals surface area (Å²) in [5, 5.41) is 14.7. The molecule has 0 saturated heterocycles. The van der Waals surface area contributed by atoms with Gasteiger partial charge in [0.25, 0.3) is 0 Å². The normalized spacial score (nSPS) is 12.8. The van der Waals surface area contributed by atoms with Crippen LogP contribution in [-0.2, 0) is 4.79 Å². The van der Waals surface area contributed by atoms with Gasteiger partial charge >= 0.3 is 5.97 Å². The van der Waals surface area contributed by atoms with Crippen LogP contribution >= 0.6 is 22.6 Å². The molecule has 0 saturated carbocycles. The first-order valence-electron chi connectivity index (χ1n) is 3.86. The number of rotatable bonds is 7. The van der Waals surface area contributed by atoms with Gasteiger partial charge in [-0.05, 0) is 20.0 Å². The quantitative estimate of drug-likeness (QED) is 0.361. The molecule has 0 amide bonds. The van der Waals surface area contributed by atoms with Crippen molar-refractivity contribution in [3.63, 3.8) is 0 Å². The molecule has 0 spiro atoms. The minimum Gasteiger partial charge on any atom is -0.481 e. The summed E-state index contributed by atoms with van der Waals surface area (Å²) in [6, 6.07) is 0.0897. The van der Waals surface area contributed by atoms with E-state index in [1.54, 1.807) is 0 Å². The van der Waals surface area contributed by atoms with E-state index >= 15 is 0 Å². The monoisotopic (exact) mass is 286 g/mol. The third kappa shape index (κ3) is 6.81. The highest BCUT2D eigenvalue weighted by atomic mass is 127. The summed E-state index contributed by atoms with van der Waals surface area (Å²) in [5.41, 5.74) is 0. The Hall–Kier alpha value is 0.120. The zero-order chi connectivity index (χ0) is 9.40. The molecule has 3 N–H and O–H groups in total. The summed E-state index contributed by atoms with van der Waals surface area (Å²) in [4.78, 5) is 10.4. The van der Waals surface area contributed by atoms with Crippen molar-refractivity contribution in [2.75, 3.05) is 18.1 Å². The molecule has 0 bridgehead atoms. The molecule has 0 aromatic heterocycles. The van der Waals surface area contributed by atoms with Crippen LogP contribution in [0.4, 0.5) is 0 Å². The second-order valence-electron chi connectivity index (χ2n) is 2.52. The molecule has 4 nitrogen and oxygen atoms in total. The lowest BCUT2D eigenvalue weighted by atomic mass is 10.1. The van der Waals surface area contributed by atoms with Crippen LogP contribution in [0.1, 0.15) is 12.8 Å². The van der Waals surface area contributed by atoms with Crippen LogP contribution in [0.2, 0.25) is 0 Å². The molecule has 0 aliphatic carbocycles. The number of alkyl halides is 1. The molecule has 1 atom stereocenters. The maximum atomic E-state index is 10.4. The van der Waals surface area contributed by atoms with E-state index in [4.69, 9.17) is 5.11 Å². The van der Waals surface area contributed by atoms with Gasteiger partial charge in [-0.1, -0.05) is 22.6 Å². The second-order valence-corrected chi connectivity index (χ2v) is 3.29. The lowest BCUT2D eigenvalue weighted by molar-refractivity contribution is -0.137. The molecule has 0 aromatic carbocycles. The number of halogens is 1. The fourth-order valence-corrected chi connectivity index (χ4v) is 1.54. The molecule has 0 aliphatic heterocycles. The Kier molecular flexibility index (Phi) is 7.83. The van der Waals surface area contributed by atoms with E-state index < -0.39 is 5.97 Å². The summed E-state index contributed by atoms with van der Waals surface area (Å²) in [5.74, 6) is -0.742. The molecule has 72 valence electrons. The van der Waals surface area contributed by atoms with Gasteiger partial charge in [-0.2, -0.15) is 0 Å². The predicted octanol–water partition coefficient (Wildman–Crippen LogP) is 0.421. The van der Waals surface area contributed by atoms with Gasteiger partial charge in [0.05, 0.1) is 6.42 Å². The van der Waals surface area contributed by atoms with Crippen molar-refractivity contribution in [3.05, 3.63) is 0 Å². The van der Waals surface area contributed by atoms with E-state index in [0.717, 1.165) is 17.5 Å². The van der Waals surface area contributed by atoms with E-state index in [-0.39, 0.29) is 12.5 Å². The molecule has 0 aromatic rings. The van der Waals surface area contributed by atoms with Crippen molar-refractivity contribution in [1.82, 2.24) is 10.6 Å². The van der Waals surface area contributed by atoms with Crippen molar-refractivity contribution < 1.29 is 9.90 Å². The summed E-state index contributed by atoms with van der Waals surface area (Å²) in [6.45, 7) is 0.849. The number of hydrogen-bond acceptors (Lipinski definition) is 3. The Balaban J connectivity index is 3.61. The molecule has 1 unspecified atom stereocenters. The fourth-order valence-electron chi connectivity index (χ4n) is 0.915. The van der Waals surface area contributed by atoms with Crippen LogP contribution < -0.4 is 10.6 Å². The summed E-state index contributed by atoms with van der Waals surface area (Å²) in [7, 11) is 1.86. The number of carbonyl (C=O) groups is 1. The Morgan fingerprint density at radius 2 is 2.33 bits per heavy atom. The van der Waals surface area contributed by atoms with E-state index in [1.807, 2.05) is 7.05 Å². The second kappa shape index (κ2) is 7.75. The minimum atomic E-state index is -0.742. The Labute approximate surface area is 86.2 Å². The predicted molar refractivity (Wildman–Crippen MR) is 56.6 cm³/mol. The van der Waals surface area contributed by atoms with E-state index in [2.05, 4.69) is 33.2 Å². The molecule has 12 heavy (non-hydrogen) atoms. The SMILES string of the molecule is CNCCC(CC(=O)O)NCI. The largest absolute Gasteiger partial charge is 0.481 e. The van der Waals surface area contributed by atoms with Crippen molar-refractivity contribution in [1.29, 1.82) is 0 Å². The number of carboxylic acids is 1. The van der Waals surface area contributed by atoms with E-state index in [9.17, 15) is 4.79 Å². The first kappa shape index (κ1) is 12.1. The zero-order valence-electron chi connectivity index (χ0n) is 7.14. The van der Waals surface area contributed by atoms with Gasteiger partial charge in [0.1, 0.15) is 0 Å². The third-order valence-electron chi connectivity index (χ3n) is 1.53. The molecule has 0 fully saturated rings. The van der Waals surface area contributed by atoms with Gasteiger partial charge in [-0.15, -0.1) is 0 Å². The molecular weight excluding hydrogens is 271 g/mol. The van der Waals surface area contributed by atoms with Crippen molar-refractivity contribution in [2.45, 2.75) is 18.9 Å². The first-order valence-corrected chi connectivity index (χ1v) is 5.39. The molecule has 0 radical (unpaired) electrons. The van der Waals surface area contributed by atoms with Gasteiger partial charge in [-0.25, -0.2) is 0 Å². The van der Waals surface area contributed by atoms with Gasteiger partial charge in [0, 0.05) is 10.6 Å². The summed E-state index contributed by atoms with van der Waals surface area (Å²) < 4.78 is 0.791. The van der Waals surface area contributed by atoms with Crippen molar-refractivity contribution in [2.24, 2.45) is 0 Å². The maximum absolute atomic E-state index is 10.4. The smallest absolute Gasteiger partial charge is 0.304 e. The van der Waals surface area contributed by atoms with Gasteiger partial charge in [-0.3, -0.25) is 4.79 Å². The van der Waals surface area contributed by atoms with Crippen molar-refractivity contribution >= 4 is 28.6 Å². The summed E-state index contributed by atoms with van der Waals surface area (Å²) >= 11 is 2.18. The van der Waals surface area contributed by atoms with Gasteiger partial charge in [0.2, 0.25) is 0 Å².